The lowest BCUT2D eigenvalue weighted by Crippen LogP contribution is -2.01. The van der Waals surface area contributed by atoms with E-state index in [2.05, 4.69) is 21.2 Å². The van der Waals surface area contributed by atoms with Crippen LogP contribution in [0.5, 0.6) is 5.75 Å². The molecular formula is C16H16BrClFNO. The summed E-state index contributed by atoms with van der Waals surface area (Å²) in [6.07, 6.45) is 0.934. The Balaban J connectivity index is 2.03. The van der Waals surface area contributed by atoms with E-state index < -0.39 is 0 Å². The molecular weight excluding hydrogens is 357 g/mol. The molecule has 2 aromatic carbocycles. The van der Waals surface area contributed by atoms with Crippen molar-refractivity contribution in [2.24, 2.45) is 0 Å². The largest absolute Gasteiger partial charge is 0.492 e. The molecule has 0 atom stereocenters. The van der Waals surface area contributed by atoms with Crippen LogP contribution in [0.3, 0.4) is 0 Å². The molecule has 0 bridgehead atoms. The van der Waals surface area contributed by atoms with Gasteiger partial charge in [-0.25, -0.2) is 4.39 Å². The zero-order chi connectivity index (χ0) is 15.2. The molecule has 1 N–H and O–H groups in total. The van der Waals surface area contributed by atoms with Crippen molar-refractivity contribution in [1.29, 1.82) is 0 Å². The minimum atomic E-state index is -0.253. The second kappa shape index (κ2) is 7.66. The minimum absolute atomic E-state index is 0.253. The van der Waals surface area contributed by atoms with Crippen molar-refractivity contribution >= 4 is 33.2 Å². The minimum Gasteiger partial charge on any atom is -0.492 e. The van der Waals surface area contributed by atoms with Gasteiger partial charge in [-0.3, -0.25) is 0 Å². The highest BCUT2D eigenvalue weighted by atomic mass is 79.9. The Bertz CT molecular complexity index is 621. The maximum absolute atomic E-state index is 13.2. The Morgan fingerprint density at radius 2 is 2.05 bits per heavy atom. The zero-order valence-electron chi connectivity index (χ0n) is 11.6. The third kappa shape index (κ3) is 4.61. The normalized spacial score (nSPS) is 10.5. The molecule has 0 radical (unpaired) electrons. The monoisotopic (exact) mass is 371 g/mol. The molecule has 0 spiro atoms. The lowest BCUT2D eigenvalue weighted by Gasteiger charge is -2.11. The third-order valence-corrected chi connectivity index (χ3v) is 3.95. The summed E-state index contributed by atoms with van der Waals surface area (Å²) in [6, 6.07) is 10.1. The molecule has 5 heteroatoms. The van der Waals surface area contributed by atoms with Gasteiger partial charge in [-0.2, -0.15) is 0 Å². The molecule has 0 saturated heterocycles. The van der Waals surface area contributed by atoms with Gasteiger partial charge in [0.25, 0.3) is 0 Å². The topological polar surface area (TPSA) is 21.3 Å². The molecule has 112 valence electrons. The highest BCUT2D eigenvalue weighted by molar-refractivity contribution is 9.10. The third-order valence-electron chi connectivity index (χ3n) is 2.88. The summed E-state index contributed by atoms with van der Waals surface area (Å²) in [7, 11) is 0. The van der Waals surface area contributed by atoms with E-state index in [4.69, 9.17) is 16.3 Å². The first-order chi connectivity index (χ1) is 10.1. The lowest BCUT2D eigenvalue weighted by molar-refractivity contribution is 0.317. The number of hydrogen-bond donors (Lipinski definition) is 1. The summed E-state index contributed by atoms with van der Waals surface area (Å²) in [4.78, 5) is 0. The van der Waals surface area contributed by atoms with E-state index in [1.807, 2.05) is 19.1 Å². The predicted molar refractivity (Wildman–Crippen MR) is 88.7 cm³/mol. The van der Waals surface area contributed by atoms with Crippen LogP contribution < -0.4 is 10.1 Å². The zero-order valence-corrected chi connectivity index (χ0v) is 14.0. The fourth-order valence-corrected chi connectivity index (χ4v) is 2.44. The predicted octanol–water partition coefficient (Wildman–Crippen LogP) is 5.64. The van der Waals surface area contributed by atoms with Crippen molar-refractivity contribution in [2.45, 2.75) is 19.9 Å². The van der Waals surface area contributed by atoms with Crippen molar-refractivity contribution in [3.8, 4) is 5.75 Å². The summed E-state index contributed by atoms with van der Waals surface area (Å²) in [5.41, 5.74) is 1.71. The van der Waals surface area contributed by atoms with Gasteiger partial charge in [0.15, 0.2) is 0 Å². The van der Waals surface area contributed by atoms with Crippen LogP contribution in [0.25, 0.3) is 0 Å². The van der Waals surface area contributed by atoms with Gasteiger partial charge in [-0.15, -0.1) is 0 Å². The summed E-state index contributed by atoms with van der Waals surface area (Å²) >= 11 is 9.57. The van der Waals surface area contributed by atoms with E-state index >= 15 is 0 Å². The van der Waals surface area contributed by atoms with Gasteiger partial charge >= 0.3 is 0 Å². The van der Waals surface area contributed by atoms with Crippen LogP contribution in [-0.2, 0) is 6.54 Å². The average molecular weight is 373 g/mol. The molecule has 0 aliphatic carbocycles. The Morgan fingerprint density at radius 1 is 1.24 bits per heavy atom. The Kier molecular flexibility index (Phi) is 5.88. The second-order valence-corrected chi connectivity index (χ2v) is 5.84. The number of benzene rings is 2. The Labute approximate surface area is 137 Å². The van der Waals surface area contributed by atoms with Crippen molar-refractivity contribution < 1.29 is 9.13 Å². The van der Waals surface area contributed by atoms with Crippen molar-refractivity contribution in [1.82, 2.24) is 0 Å². The summed E-state index contributed by atoms with van der Waals surface area (Å²) in [6.45, 7) is 3.19. The molecule has 0 unspecified atom stereocenters. The van der Waals surface area contributed by atoms with Gasteiger partial charge in [-0.1, -0.05) is 34.5 Å². The van der Waals surface area contributed by atoms with E-state index in [0.29, 0.717) is 23.9 Å². The first-order valence-corrected chi connectivity index (χ1v) is 7.87. The average Bonchev–Trinajstić information content (AvgIpc) is 2.47. The van der Waals surface area contributed by atoms with E-state index in [-0.39, 0.29) is 5.82 Å². The van der Waals surface area contributed by atoms with Gasteiger partial charge in [0.1, 0.15) is 11.6 Å². The molecule has 0 amide bonds. The van der Waals surface area contributed by atoms with E-state index in [1.54, 1.807) is 12.1 Å². The molecule has 2 aromatic rings. The Morgan fingerprint density at radius 3 is 2.76 bits per heavy atom. The first-order valence-electron chi connectivity index (χ1n) is 6.70. The number of anilines is 1. The summed E-state index contributed by atoms with van der Waals surface area (Å²) in [5, 5.41) is 3.78. The van der Waals surface area contributed by atoms with Crippen LogP contribution in [0, 0.1) is 5.82 Å². The van der Waals surface area contributed by atoms with Crippen molar-refractivity contribution in [3.63, 3.8) is 0 Å². The highest BCUT2D eigenvalue weighted by Gasteiger charge is 2.05. The van der Waals surface area contributed by atoms with Crippen LogP contribution in [0.2, 0.25) is 5.02 Å². The van der Waals surface area contributed by atoms with E-state index in [9.17, 15) is 4.39 Å². The number of halogens is 3. The number of rotatable bonds is 6. The van der Waals surface area contributed by atoms with Crippen LogP contribution in [-0.4, -0.2) is 6.61 Å². The second-order valence-electron chi connectivity index (χ2n) is 4.58. The molecule has 0 aliphatic rings. The number of nitrogens with one attached hydrogen (secondary N) is 1. The van der Waals surface area contributed by atoms with E-state index in [1.165, 1.54) is 12.1 Å². The molecule has 0 aromatic heterocycles. The van der Waals surface area contributed by atoms with Crippen LogP contribution in [0.4, 0.5) is 10.1 Å². The fraction of sp³-hybridized carbons (Fsp3) is 0.250. The van der Waals surface area contributed by atoms with Crippen molar-refractivity contribution in [3.05, 3.63) is 57.3 Å². The molecule has 2 nitrogen and oxygen atoms in total. The standard InChI is InChI=1S/C16H16BrClFNO/c1-2-7-21-16-6-4-13(9-15(16)18)20-10-11-8-12(19)3-5-14(11)17/h3-6,8-9,20H,2,7,10H2,1H3. The summed E-state index contributed by atoms with van der Waals surface area (Å²) in [5.74, 6) is 0.423. The smallest absolute Gasteiger partial charge is 0.138 e. The first kappa shape index (κ1) is 16.1. The van der Waals surface area contributed by atoms with Gasteiger partial charge in [0.2, 0.25) is 0 Å². The van der Waals surface area contributed by atoms with Crippen LogP contribution >= 0.6 is 27.5 Å². The number of ether oxygens (including phenoxy) is 1. The highest BCUT2D eigenvalue weighted by Crippen LogP contribution is 2.28. The molecule has 0 heterocycles. The Hall–Kier alpha value is -1.26. The van der Waals surface area contributed by atoms with Gasteiger partial charge in [-0.05, 0) is 48.4 Å². The molecule has 0 saturated carbocycles. The maximum atomic E-state index is 13.2. The SMILES string of the molecule is CCCOc1ccc(NCc2cc(F)ccc2Br)cc1Cl. The van der Waals surface area contributed by atoms with Crippen LogP contribution in [0.15, 0.2) is 40.9 Å². The maximum Gasteiger partial charge on any atom is 0.138 e. The van der Waals surface area contributed by atoms with Gasteiger partial charge < -0.3 is 10.1 Å². The van der Waals surface area contributed by atoms with Gasteiger partial charge in [0, 0.05) is 16.7 Å². The van der Waals surface area contributed by atoms with Crippen LogP contribution in [0.1, 0.15) is 18.9 Å². The van der Waals surface area contributed by atoms with Gasteiger partial charge in [0.05, 0.1) is 11.6 Å². The molecule has 0 fully saturated rings. The van der Waals surface area contributed by atoms with E-state index in [0.717, 1.165) is 22.1 Å². The molecule has 21 heavy (non-hydrogen) atoms. The fourth-order valence-electron chi connectivity index (χ4n) is 1.82. The lowest BCUT2D eigenvalue weighted by atomic mass is 10.2. The number of hydrogen-bond acceptors (Lipinski definition) is 2. The molecule has 2 rings (SSSR count). The molecule has 0 aliphatic heterocycles. The summed E-state index contributed by atoms with van der Waals surface area (Å²) < 4.78 is 19.6. The quantitative estimate of drug-likeness (QED) is 0.708. The van der Waals surface area contributed by atoms with Crippen molar-refractivity contribution in [2.75, 3.05) is 11.9 Å².